The van der Waals surface area contributed by atoms with Crippen molar-refractivity contribution in [3.63, 3.8) is 0 Å². The number of carbonyl (C=O) groups excluding carboxylic acids is 4. The lowest BCUT2D eigenvalue weighted by Crippen LogP contribution is -2.37. The molecule has 1 saturated heterocycles. The molecule has 0 aliphatic carbocycles. The molecule has 1 aromatic carbocycles. The van der Waals surface area contributed by atoms with Crippen molar-refractivity contribution in [2.75, 3.05) is 13.2 Å². The minimum Gasteiger partial charge on any atom is -0.462 e. The van der Waals surface area contributed by atoms with E-state index in [1.807, 2.05) is 0 Å². The molecule has 3 amide bonds. The van der Waals surface area contributed by atoms with Crippen molar-refractivity contribution in [2.24, 2.45) is 0 Å². The SMILES string of the molecule is O=C1CCC(C(=O)OCCN2C(=O)c3ccccc3C2=O)N1. The summed E-state index contributed by atoms with van der Waals surface area (Å²) in [5.74, 6) is -1.48. The lowest BCUT2D eigenvalue weighted by Gasteiger charge is -2.15. The highest BCUT2D eigenvalue weighted by Gasteiger charge is 2.35. The molecule has 0 spiro atoms. The monoisotopic (exact) mass is 302 g/mol. The van der Waals surface area contributed by atoms with Gasteiger partial charge < -0.3 is 10.1 Å². The average Bonchev–Trinajstić information content (AvgIpc) is 3.05. The third-order valence-corrected chi connectivity index (χ3v) is 3.72. The van der Waals surface area contributed by atoms with Crippen LogP contribution in [-0.2, 0) is 14.3 Å². The summed E-state index contributed by atoms with van der Waals surface area (Å²) in [4.78, 5) is 48.0. The average molecular weight is 302 g/mol. The highest BCUT2D eigenvalue weighted by Crippen LogP contribution is 2.21. The Kier molecular flexibility index (Phi) is 3.62. The van der Waals surface area contributed by atoms with E-state index in [0.29, 0.717) is 24.0 Å². The fraction of sp³-hybridized carbons (Fsp3) is 0.333. The third-order valence-electron chi connectivity index (χ3n) is 3.72. The molecule has 0 radical (unpaired) electrons. The summed E-state index contributed by atoms with van der Waals surface area (Å²) in [5, 5.41) is 2.50. The standard InChI is InChI=1S/C15H14N2O5/c18-12-6-5-11(16-12)15(21)22-8-7-17-13(19)9-3-1-2-4-10(9)14(17)20/h1-4,11H,5-8H2,(H,16,18). The fourth-order valence-electron chi connectivity index (χ4n) is 2.57. The molecule has 2 aliphatic heterocycles. The molecule has 2 heterocycles. The minimum atomic E-state index is -0.630. The van der Waals surface area contributed by atoms with Crippen molar-refractivity contribution >= 4 is 23.7 Å². The molecule has 114 valence electrons. The fourth-order valence-corrected chi connectivity index (χ4v) is 2.57. The largest absolute Gasteiger partial charge is 0.462 e. The van der Waals surface area contributed by atoms with Gasteiger partial charge in [0.1, 0.15) is 12.6 Å². The van der Waals surface area contributed by atoms with Gasteiger partial charge in [-0.3, -0.25) is 19.3 Å². The van der Waals surface area contributed by atoms with Crippen molar-refractivity contribution < 1.29 is 23.9 Å². The zero-order valence-corrected chi connectivity index (χ0v) is 11.7. The van der Waals surface area contributed by atoms with E-state index in [0.717, 1.165) is 4.90 Å². The van der Waals surface area contributed by atoms with Crippen LogP contribution < -0.4 is 5.32 Å². The summed E-state index contributed by atoms with van der Waals surface area (Å²) < 4.78 is 5.03. The Morgan fingerprint density at radius 2 is 1.82 bits per heavy atom. The quantitative estimate of drug-likeness (QED) is 0.629. The number of nitrogens with one attached hydrogen (secondary N) is 1. The summed E-state index contributed by atoms with van der Waals surface area (Å²) in [5.41, 5.74) is 0.726. The van der Waals surface area contributed by atoms with E-state index in [1.165, 1.54) is 0 Å². The zero-order valence-electron chi connectivity index (χ0n) is 11.7. The Morgan fingerprint density at radius 1 is 1.18 bits per heavy atom. The summed E-state index contributed by atoms with van der Waals surface area (Å²) in [6.45, 7) is -0.0879. The van der Waals surface area contributed by atoms with Crippen LogP contribution in [0, 0.1) is 0 Å². The molecule has 22 heavy (non-hydrogen) atoms. The van der Waals surface area contributed by atoms with Crippen molar-refractivity contribution in [1.29, 1.82) is 0 Å². The number of imide groups is 1. The summed E-state index contributed by atoms with van der Waals surface area (Å²) >= 11 is 0. The topological polar surface area (TPSA) is 92.8 Å². The second kappa shape index (κ2) is 5.59. The van der Waals surface area contributed by atoms with Gasteiger partial charge in [-0.25, -0.2) is 4.79 Å². The lowest BCUT2D eigenvalue weighted by atomic mass is 10.1. The summed E-state index contributed by atoms with van der Waals surface area (Å²) in [7, 11) is 0. The van der Waals surface area contributed by atoms with Crippen molar-refractivity contribution in [2.45, 2.75) is 18.9 Å². The molecule has 1 aromatic rings. The van der Waals surface area contributed by atoms with E-state index in [2.05, 4.69) is 5.32 Å². The van der Waals surface area contributed by atoms with Crippen LogP contribution in [0.15, 0.2) is 24.3 Å². The Balaban J connectivity index is 1.55. The molecule has 1 fully saturated rings. The van der Waals surface area contributed by atoms with E-state index in [-0.39, 0.29) is 30.9 Å². The molecule has 1 N–H and O–H groups in total. The van der Waals surface area contributed by atoms with E-state index >= 15 is 0 Å². The lowest BCUT2D eigenvalue weighted by molar-refractivity contribution is -0.146. The van der Waals surface area contributed by atoms with Crippen LogP contribution >= 0.6 is 0 Å². The van der Waals surface area contributed by atoms with Gasteiger partial charge in [0.15, 0.2) is 0 Å². The van der Waals surface area contributed by atoms with Gasteiger partial charge in [0.25, 0.3) is 11.8 Å². The number of carbonyl (C=O) groups is 4. The Labute approximate surface area is 126 Å². The molecule has 2 aliphatic rings. The first-order valence-corrected chi connectivity index (χ1v) is 6.99. The maximum Gasteiger partial charge on any atom is 0.328 e. The van der Waals surface area contributed by atoms with E-state index in [1.54, 1.807) is 24.3 Å². The molecule has 7 nitrogen and oxygen atoms in total. The number of hydrogen-bond donors (Lipinski definition) is 1. The maximum atomic E-state index is 12.1. The van der Waals surface area contributed by atoms with Gasteiger partial charge in [-0.1, -0.05) is 12.1 Å². The first-order chi connectivity index (χ1) is 10.6. The van der Waals surface area contributed by atoms with Crippen LogP contribution in [-0.4, -0.2) is 47.8 Å². The molecular weight excluding hydrogens is 288 g/mol. The predicted octanol–water partition coefficient (Wildman–Crippen LogP) is 0.104. The van der Waals surface area contributed by atoms with Gasteiger partial charge in [-0.2, -0.15) is 0 Å². The van der Waals surface area contributed by atoms with Crippen LogP contribution in [0.25, 0.3) is 0 Å². The normalized spacial score (nSPS) is 20.1. The van der Waals surface area contributed by atoms with Crippen LogP contribution in [0.4, 0.5) is 0 Å². The van der Waals surface area contributed by atoms with Gasteiger partial charge in [0.05, 0.1) is 17.7 Å². The van der Waals surface area contributed by atoms with Gasteiger partial charge in [-0.05, 0) is 18.6 Å². The molecule has 3 rings (SSSR count). The van der Waals surface area contributed by atoms with Gasteiger partial charge in [0.2, 0.25) is 5.91 Å². The van der Waals surface area contributed by atoms with Gasteiger partial charge in [0, 0.05) is 6.42 Å². The number of esters is 1. The Bertz CT molecular complexity index is 635. The minimum absolute atomic E-state index is 0.00124. The highest BCUT2D eigenvalue weighted by molar-refractivity contribution is 6.21. The van der Waals surface area contributed by atoms with Crippen molar-refractivity contribution in [3.8, 4) is 0 Å². The number of hydrogen-bond acceptors (Lipinski definition) is 5. The highest BCUT2D eigenvalue weighted by atomic mass is 16.5. The molecular formula is C15H14N2O5. The molecule has 0 aromatic heterocycles. The maximum absolute atomic E-state index is 12.1. The summed E-state index contributed by atoms with van der Waals surface area (Å²) in [6, 6.07) is 5.94. The molecule has 0 saturated carbocycles. The van der Waals surface area contributed by atoms with E-state index < -0.39 is 12.0 Å². The zero-order chi connectivity index (χ0) is 15.7. The Morgan fingerprint density at radius 3 is 2.36 bits per heavy atom. The number of amides is 3. The first-order valence-electron chi connectivity index (χ1n) is 6.99. The molecule has 1 unspecified atom stereocenters. The van der Waals surface area contributed by atoms with Crippen molar-refractivity contribution in [3.05, 3.63) is 35.4 Å². The number of nitrogens with zero attached hydrogens (tertiary/aromatic N) is 1. The number of ether oxygens (including phenoxy) is 1. The second-order valence-corrected chi connectivity index (χ2v) is 5.13. The van der Waals surface area contributed by atoms with Crippen LogP contribution in [0.1, 0.15) is 33.6 Å². The van der Waals surface area contributed by atoms with Gasteiger partial charge >= 0.3 is 5.97 Å². The Hall–Kier alpha value is -2.70. The van der Waals surface area contributed by atoms with Crippen LogP contribution in [0.2, 0.25) is 0 Å². The third kappa shape index (κ3) is 2.45. The smallest absolute Gasteiger partial charge is 0.328 e. The molecule has 0 bridgehead atoms. The second-order valence-electron chi connectivity index (χ2n) is 5.13. The van der Waals surface area contributed by atoms with Gasteiger partial charge in [-0.15, -0.1) is 0 Å². The van der Waals surface area contributed by atoms with E-state index in [9.17, 15) is 19.2 Å². The number of rotatable bonds is 4. The van der Waals surface area contributed by atoms with Crippen LogP contribution in [0.5, 0.6) is 0 Å². The van der Waals surface area contributed by atoms with Crippen molar-refractivity contribution in [1.82, 2.24) is 10.2 Å². The molecule has 1 atom stereocenters. The van der Waals surface area contributed by atoms with Crippen LogP contribution in [0.3, 0.4) is 0 Å². The van der Waals surface area contributed by atoms with E-state index in [4.69, 9.17) is 4.74 Å². The number of benzene rings is 1. The molecule has 7 heteroatoms. The summed E-state index contributed by atoms with van der Waals surface area (Å²) in [6.07, 6.45) is 0.711. The predicted molar refractivity (Wildman–Crippen MR) is 73.9 cm³/mol. The first kappa shape index (κ1) is 14.2. The number of fused-ring (bicyclic) bond motifs is 1.